The molecule has 0 aliphatic carbocycles. The van der Waals surface area contributed by atoms with E-state index in [9.17, 15) is 4.79 Å². The molecule has 2 N–H and O–H groups in total. The van der Waals surface area contributed by atoms with E-state index in [2.05, 4.69) is 15.7 Å². The lowest BCUT2D eigenvalue weighted by atomic mass is 10.0. The molecule has 1 amide bonds. The Balaban J connectivity index is 1.43. The summed E-state index contributed by atoms with van der Waals surface area (Å²) in [6, 6.07) is 11.4. The number of rotatable bonds is 5. The van der Waals surface area contributed by atoms with Crippen molar-refractivity contribution >= 4 is 51.3 Å². The molecule has 9 heteroatoms. The number of anilines is 2. The van der Waals surface area contributed by atoms with Gasteiger partial charge in [0.1, 0.15) is 0 Å². The molecule has 7 nitrogen and oxygen atoms in total. The van der Waals surface area contributed by atoms with Crippen molar-refractivity contribution < 1.29 is 9.53 Å². The van der Waals surface area contributed by atoms with Gasteiger partial charge in [-0.2, -0.15) is 5.10 Å². The fourth-order valence-corrected chi connectivity index (χ4v) is 4.39. The second-order valence-corrected chi connectivity index (χ2v) is 9.19. The number of nitrogens with zero attached hydrogens (tertiary/aromatic N) is 3. The van der Waals surface area contributed by atoms with Crippen LogP contribution in [0.2, 0.25) is 5.02 Å². The van der Waals surface area contributed by atoms with Gasteiger partial charge >= 0.3 is 0 Å². The van der Waals surface area contributed by atoms with Gasteiger partial charge in [-0.15, -0.1) is 11.3 Å². The smallest absolute Gasteiger partial charge is 0.262 e. The van der Waals surface area contributed by atoms with E-state index < -0.39 is 0 Å². The molecule has 4 heterocycles. The Morgan fingerprint density at radius 1 is 1.26 bits per heavy atom. The van der Waals surface area contributed by atoms with Crippen LogP contribution in [0.1, 0.15) is 22.3 Å². The zero-order valence-corrected chi connectivity index (χ0v) is 18.5. The fourth-order valence-electron chi connectivity index (χ4n) is 3.44. The number of thiophene rings is 1. The third-order valence-corrected chi connectivity index (χ3v) is 6.43. The molecule has 1 aliphatic heterocycles. The lowest BCUT2D eigenvalue weighted by Gasteiger charge is -2.38. The molecule has 0 atom stereocenters. The molecule has 1 aliphatic rings. The summed E-state index contributed by atoms with van der Waals surface area (Å²) in [4.78, 5) is 18.0. The van der Waals surface area contributed by atoms with Crippen molar-refractivity contribution in [2.24, 2.45) is 0 Å². The predicted molar refractivity (Wildman–Crippen MR) is 123 cm³/mol. The second kappa shape index (κ2) is 7.64. The zero-order chi connectivity index (χ0) is 21.6. The molecule has 5 rings (SSSR count). The van der Waals surface area contributed by atoms with Crippen LogP contribution in [0.5, 0.6) is 0 Å². The van der Waals surface area contributed by atoms with E-state index in [1.807, 2.05) is 55.6 Å². The maximum absolute atomic E-state index is 12.6. The minimum atomic E-state index is -0.288. The first-order valence-corrected chi connectivity index (χ1v) is 11.0. The molecule has 0 saturated carbocycles. The average Bonchev–Trinajstić information content (AvgIpc) is 3.35. The topological polar surface area (TPSA) is 81.1 Å². The first kappa shape index (κ1) is 20.0. The number of hydrogen-bond donors (Lipinski definition) is 2. The van der Waals surface area contributed by atoms with Gasteiger partial charge in [0.05, 0.1) is 57.6 Å². The van der Waals surface area contributed by atoms with Crippen molar-refractivity contribution in [3.05, 3.63) is 63.6 Å². The number of aryl methyl sites for hydroxylation is 1. The molecule has 0 spiro atoms. The van der Waals surface area contributed by atoms with E-state index in [0.29, 0.717) is 23.1 Å². The molecular weight excluding hydrogens is 434 g/mol. The molecule has 0 bridgehead atoms. The van der Waals surface area contributed by atoms with Crippen LogP contribution >= 0.6 is 22.9 Å². The molecule has 0 unspecified atom stereocenters. The van der Waals surface area contributed by atoms with Crippen molar-refractivity contribution in [3.8, 4) is 5.69 Å². The maximum atomic E-state index is 12.6. The van der Waals surface area contributed by atoms with Gasteiger partial charge in [-0.05, 0) is 38.1 Å². The molecule has 158 valence electrons. The minimum Gasteiger partial charge on any atom is -0.376 e. The highest BCUT2D eigenvalue weighted by Gasteiger charge is 2.35. The van der Waals surface area contributed by atoms with E-state index in [1.165, 1.54) is 11.3 Å². The number of carbonyl (C=O) groups is 1. The van der Waals surface area contributed by atoms with Crippen molar-refractivity contribution in [3.63, 3.8) is 0 Å². The van der Waals surface area contributed by atoms with Gasteiger partial charge < -0.3 is 15.4 Å². The van der Waals surface area contributed by atoms with Crippen molar-refractivity contribution in [2.45, 2.75) is 19.4 Å². The Labute approximate surface area is 188 Å². The highest BCUT2D eigenvalue weighted by molar-refractivity contribution is 7.12. The van der Waals surface area contributed by atoms with Crippen LogP contribution in [0.25, 0.3) is 16.7 Å². The van der Waals surface area contributed by atoms with Gasteiger partial charge in [-0.25, -0.2) is 9.67 Å². The number of carbonyl (C=O) groups excluding carboxylic acids is 1. The van der Waals surface area contributed by atoms with Gasteiger partial charge in [-0.1, -0.05) is 23.7 Å². The molecule has 1 saturated heterocycles. The third kappa shape index (κ3) is 3.78. The molecule has 4 aromatic rings. The number of fused-ring (bicyclic) bond motifs is 1. The molecule has 1 fully saturated rings. The number of para-hydroxylation sites is 1. The monoisotopic (exact) mass is 453 g/mol. The summed E-state index contributed by atoms with van der Waals surface area (Å²) in [6.45, 7) is 4.98. The van der Waals surface area contributed by atoms with Crippen LogP contribution in [0.15, 0.2) is 48.0 Å². The summed E-state index contributed by atoms with van der Waals surface area (Å²) < 4.78 is 6.96. The van der Waals surface area contributed by atoms with Gasteiger partial charge in [0.25, 0.3) is 5.91 Å². The molecule has 1 aromatic carbocycles. The number of amides is 1. The van der Waals surface area contributed by atoms with Crippen molar-refractivity contribution in [1.29, 1.82) is 0 Å². The van der Waals surface area contributed by atoms with Crippen LogP contribution in [0, 0.1) is 6.92 Å². The summed E-state index contributed by atoms with van der Waals surface area (Å²) in [7, 11) is 0. The Morgan fingerprint density at radius 3 is 2.81 bits per heavy atom. The van der Waals surface area contributed by atoms with E-state index in [-0.39, 0.29) is 11.4 Å². The predicted octanol–water partition coefficient (Wildman–Crippen LogP) is 4.71. The van der Waals surface area contributed by atoms with E-state index in [4.69, 9.17) is 21.3 Å². The fraction of sp³-hybridized carbons (Fsp3) is 0.227. The van der Waals surface area contributed by atoms with Crippen LogP contribution in [-0.4, -0.2) is 39.4 Å². The van der Waals surface area contributed by atoms with E-state index in [0.717, 1.165) is 33.8 Å². The second-order valence-electron chi connectivity index (χ2n) is 7.87. The normalized spacial score (nSPS) is 14.9. The number of pyridine rings is 1. The van der Waals surface area contributed by atoms with Crippen LogP contribution in [0.3, 0.4) is 0 Å². The highest BCUT2D eigenvalue weighted by Crippen LogP contribution is 2.30. The summed E-state index contributed by atoms with van der Waals surface area (Å²) in [5.41, 5.74) is 3.75. The van der Waals surface area contributed by atoms with Gasteiger partial charge in [0.15, 0.2) is 5.65 Å². The highest BCUT2D eigenvalue weighted by atomic mass is 35.5. The van der Waals surface area contributed by atoms with Gasteiger partial charge in [0, 0.05) is 10.8 Å². The summed E-state index contributed by atoms with van der Waals surface area (Å²) in [5.74, 6) is -0.103. The number of nitrogens with one attached hydrogen (secondary N) is 2. The van der Waals surface area contributed by atoms with Crippen LogP contribution in [0.4, 0.5) is 11.4 Å². The third-order valence-electron chi connectivity index (χ3n) is 5.19. The van der Waals surface area contributed by atoms with Gasteiger partial charge in [0.2, 0.25) is 0 Å². The summed E-state index contributed by atoms with van der Waals surface area (Å²) in [5, 5.41) is 14.3. The standard InChI is InChI=1S/C22H20ClN5O2S/c1-13-18(26-17-6-4-3-5-16(17)23)7-14-9-24-28(20(14)25-13)15-8-19(31-10-15)21(29)27-22(2)11-30-12-22/h3-10,26H,11-12H2,1-2H3,(H,27,29). The molecule has 0 radical (unpaired) electrons. The van der Waals surface area contributed by atoms with Gasteiger partial charge in [-0.3, -0.25) is 4.79 Å². The number of hydrogen-bond acceptors (Lipinski definition) is 6. The average molecular weight is 454 g/mol. The molecule has 3 aromatic heterocycles. The lowest BCUT2D eigenvalue weighted by molar-refractivity contribution is -0.0593. The number of aromatic nitrogens is 3. The number of benzene rings is 1. The van der Waals surface area contributed by atoms with Crippen LogP contribution < -0.4 is 10.6 Å². The Morgan fingerprint density at radius 2 is 2.06 bits per heavy atom. The number of halogens is 1. The Hall–Kier alpha value is -2.94. The SMILES string of the molecule is Cc1nc2c(cnn2-c2csc(C(=O)NC3(C)COC3)c2)cc1Nc1ccccc1Cl. The van der Waals surface area contributed by atoms with E-state index in [1.54, 1.807) is 10.9 Å². The Bertz CT molecular complexity index is 1290. The molecule has 31 heavy (non-hydrogen) atoms. The summed E-state index contributed by atoms with van der Waals surface area (Å²) in [6.07, 6.45) is 1.77. The largest absolute Gasteiger partial charge is 0.376 e. The zero-order valence-electron chi connectivity index (χ0n) is 17.0. The maximum Gasteiger partial charge on any atom is 0.262 e. The first-order chi connectivity index (χ1) is 14.9. The first-order valence-electron chi connectivity index (χ1n) is 9.78. The lowest BCUT2D eigenvalue weighted by Crippen LogP contribution is -2.59. The van der Waals surface area contributed by atoms with Crippen LogP contribution in [-0.2, 0) is 4.74 Å². The summed E-state index contributed by atoms with van der Waals surface area (Å²) >= 11 is 7.65. The van der Waals surface area contributed by atoms with Crippen molar-refractivity contribution in [2.75, 3.05) is 18.5 Å². The minimum absolute atomic E-state index is 0.103. The van der Waals surface area contributed by atoms with Crippen molar-refractivity contribution in [1.82, 2.24) is 20.1 Å². The Kier molecular flexibility index (Phi) is 4.92. The number of ether oxygens (including phenoxy) is 1. The quantitative estimate of drug-likeness (QED) is 0.457. The molecular formula is C22H20ClN5O2S. The van der Waals surface area contributed by atoms with E-state index >= 15 is 0 Å².